The van der Waals surface area contributed by atoms with E-state index in [2.05, 4.69) is 0 Å². The minimum Gasteiger partial charge on any atom is -0.377 e. The Balaban J connectivity index is 4.62. The SMILES string of the molecule is CO[Si](CCCCCCCCCCCC(F)(F)C(F)(F)C(F)(F)C(F)(F)C(F)(F)C(F)(F)F)(OC)OC. The lowest BCUT2D eigenvalue weighted by Crippen LogP contribution is -2.70. The minimum absolute atomic E-state index is 0.188. The van der Waals surface area contributed by atoms with E-state index in [0.29, 0.717) is 18.9 Å². The van der Waals surface area contributed by atoms with E-state index in [1.54, 1.807) is 0 Å². The topological polar surface area (TPSA) is 27.7 Å². The number of unbranched alkanes of at least 4 members (excludes halogenated alkanes) is 8. The molecule has 0 aromatic rings. The fourth-order valence-corrected chi connectivity index (χ4v) is 5.24. The minimum atomic E-state index is -7.84. The van der Waals surface area contributed by atoms with Crippen LogP contribution in [0.15, 0.2) is 0 Å². The third kappa shape index (κ3) is 8.10. The summed E-state index contributed by atoms with van der Waals surface area (Å²) in [6.07, 6.45) is -6.28. The molecule has 0 spiro atoms. The second-order valence-electron chi connectivity index (χ2n) is 8.48. The van der Waals surface area contributed by atoms with Crippen LogP contribution in [0.25, 0.3) is 0 Å². The highest BCUT2D eigenvalue weighted by atomic mass is 28.4. The van der Waals surface area contributed by atoms with Crippen LogP contribution in [0, 0.1) is 0 Å². The summed E-state index contributed by atoms with van der Waals surface area (Å²) in [7, 11) is 1.76. The van der Waals surface area contributed by atoms with Gasteiger partial charge in [0.05, 0.1) is 0 Å². The maximum Gasteiger partial charge on any atom is 0.500 e. The van der Waals surface area contributed by atoms with Gasteiger partial charge in [-0.1, -0.05) is 44.9 Å². The zero-order valence-electron chi connectivity index (χ0n) is 20.4. The first-order valence-electron chi connectivity index (χ1n) is 11.3. The number of rotatable bonds is 19. The molecule has 3 nitrogen and oxygen atoms in total. The smallest absolute Gasteiger partial charge is 0.377 e. The standard InChI is InChI=1S/C20H31F13O3Si/c1-34-37(35-2,36-3)14-12-10-8-6-4-5-7-9-11-13-15(21,22)16(23,24)17(25,26)18(27,28)19(29,30)20(31,32)33/h4-14H2,1-3H3. The molecule has 0 aliphatic carbocycles. The average Bonchev–Trinajstić information content (AvgIpc) is 2.79. The van der Waals surface area contributed by atoms with Crippen LogP contribution in [-0.4, -0.2) is 65.9 Å². The Morgan fingerprint density at radius 2 is 0.757 bits per heavy atom. The van der Waals surface area contributed by atoms with Gasteiger partial charge >= 0.3 is 44.6 Å². The van der Waals surface area contributed by atoms with Gasteiger partial charge in [0.25, 0.3) is 0 Å². The molecule has 0 saturated heterocycles. The van der Waals surface area contributed by atoms with Crippen molar-refractivity contribution in [1.29, 1.82) is 0 Å². The first-order chi connectivity index (χ1) is 16.6. The van der Waals surface area contributed by atoms with Gasteiger partial charge in [0, 0.05) is 33.8 Å². The molecule has 0 aromatic heterocycles. The lowest BCUT2D eigenvalue weighted by Gasteiger charge is -2.39. The van der Waals surface area contributed by atoms with Gasteiger partial charge in [0.1, 0.15) is 0 Å². The third-order valence-electron chi connectivity index (χ3n) is 5.91. The Morgan fingerprint density at radius 3 is 1.11 bits per heavy atom. The average molecular weight is 595 g/mol. The van der Waals surface area contributed by atoms with Crippen molar-refractivity contribution >= 4 is 8.80 Å². The molecule has 17 heteroatoms. The molecule has 0 atom stereocenters. The van der Waals surface area contributed by atoms with E-state index in [-0.39, 0.29) is 12.8 Å². The van der Waals surface area contributed by atoms with E-state index in [1.165, 1.54) is 21.3 Å². The molecule has 0 aromatic carbocycles. The molecule has 224 valence electrons. The monoisotopic (exact) mass is 594 g/mol. The van der Waals surface area contributed by atoms with Crippen molar-refractivity contribution in [3.8, 4) is 0 Å². The van der Waals surface area contributed by atoms with E-state index in [0.717, 1.165) is 25.7 Å². The Morgan fingerprint density at radius 1 is 0.432 bits per heavy atom. The summed E-state index contributed by atoms with van der Waals surface area (Å²) in [4.78, 5) is 0. The highest BCUT2D eigenvalue weighted by Crippen LogP contribution is 2.60. The van der Waals surface area contributed by atoms with E-state index in [4.69, 9.17) is 13.3 Å². The Hall–Kier alpha value is -0.813. The molecule has 0 unspecified atom stereocenters. The van der Waals surface area contributed by atoms with Gasteiger partial charge in [-0.15, -0.1) is 0 Å². The molecule has 0 aliphatic rings. The van der Waals surface area contributed by atoms with Crippen LogP contribution >= 0.6 is 0 Å². The van der Waals surface area contributed by atoms with Crippen molar-refractivity contribution in [2.75, 3.05) is 21.3 Å². The first-order valence-corrected chi connectivity index (χ1v) is 13.2. The van der Waals surface area contributed by atoms with Crippen molar-refractivity contribution in [3.63, 3.8) is 0 Å². The van der Waals surface area contributed by atoms with Crippen LogP contribution in [0.2, 0.25) is 6.04 Å². The normalized spacial score (nSPS) is 14.9. The van der Waals surface area contributed by atoms with Crippen molar-refractivity contribution in [2.24, 2.45) is 0 Å². The fraction of sp³-hybridized carbons (Fsp3) is 1.00. The summed E-state index contributed by atoms with van der Waals surface area (Å²) in [5.74, 6) is -36.4. The summed E-state index contributed by atoms with van der Waals surface area (Å²) < 4.78 is 186. The second kappa shape index (κ2) is 13.5. The van der Waals surface area contributed by atoms with Gasteiger partial charge in [-0.25, -0.2) is 0 Å². The van der Waals surface area contributed by atoms with Crippen LogP contribution in [0.5, 0.6) is 0 Å². The lowest BCUT2D eigenvalue weighted by atomic mass is 9.91. The predicted molar refractivity (Wildman–Crippen MR) is 109 cm³/mol. The van der Waals surface area contributed by atoms with Gasteiger partial charge in [-0.2, -0.15) is 57.1 Å². The Bertz CT molecular complexity index is 660. The highest BCUT2D eigenvalue weighted by Gasteiger charge is 2.90. The molecule has 0 heterocycles. The predicted octanol–water partition coefficient (Wildman–Crippen LogP) is 8.50. The summed E-state index contributed by atoms with van der Waals surface area (Å²) >= 11 is 0. The molecule has 0 aliphatic heterocycles. The van der Waals surface area contributed by atoms with Gasteiger partial charge < -0.3 is 13.3 Å². The zero-order valence-corrected chi connectivity index (χ0v) is 21.4. The molecule has 0 fully saturated rings. The van der Waals surface area contributed by atoms with E-state index < -0.39 is 57.4 Å². The quantitative estimate of drug-likeness (QED) is 0.0853. The molecular formula is C20H31F13O3Si. The molecule has 0 rings (SSSR count). The molecular weight excluding hydrogens is 563 g/mol. The maximum atomic E-state index is 13.7. The van der Waals surface area contributed by atoms with Crippen molar-refractivity contribution in [3.05, 3.63) is 0 Å². The van der Waals surface area contributed by atoms with Gasteiger partial charge in [-0.05, 0) is 12.8 Å². The largest absolute Gasteiger partial charge is 0.500 e. The molecule has 0 amide bonds. The van der Waals surface area contributed by atoms with Gasteiger partial charge in [-0.3, -0.25) is 0 Å². The van der Waals surface area contributed by atoms with Crippen LogP contribution in [0.4, 0.5) is 57.1 Å². The summed E-state index contributed by atoms with van der Waals surface area (Å²) in [6.45, 7) is 0. The Labute approximate surface area is 207 Å². The van der Waals surface area contributed by atoms with Crippen molar-refractivity contribution < 1.29 is 70.4 Å². The molecule has 37 heavy (non-hydrogen) atoms. The van der Waals surface area contributed by atoms with E-state index >= 15 is 0 Å². The molecule has 0 bridgehead atoms. The maximum absolute atomic E-state index is 13.7. The summed E-state index contributed by atoms with van der Waals surface area (Å²) in [5, 5.41) is 0. The van der Waals surface area contributed by atoms with Gasteiger partial charge in [0.15, 0.2) is 0 Å². The molecule has 0 saturated carbocycles. The van der Waals surface area contributed by atoms with E-state index in [9.17, 15) is 57.1 Å². The fourth-order valence-electron chi connectivity index (χ4n) is 3.44. The summed E-state index contributed by atoms with van der Waals surface area (Å²) in [6, 6.07) is 0.591. The number of alkyl halides is 13. The second-order valence-corrected chi connectivity index (χ2v) is 11.6. The van der Waals surface area contributed by atoms with Gasteiger partial charge in [0.2, 0.25) is 0 Å². The lowest BCUT2D eigenvalue weighted by molar-refractivity contribution is -0.440. The summed E-state index contributed by atoms with van der Waals surface area (Å²) in [5.41, 5.74) is 0. The number of halogens is 13. The zero-order chi connectivity index (χ0) is 29.4. The molecule has 0 N–H and O–H groups in total. The van der Waals surface area contributed by atoms with Crippen LogP contribution < -0.4 is 0 Å². The Kier molecular flexibility index (Phi) is 13.2. The first kappa shape index (κ1) is 36.2. The van der Waals surface area contributed by atoms with E-state index in [1.807, 2.05) is 0 Å². The third-order valence-corrected chi connectivity index (χ3v) is 8.74. The molecule has 0 radical (unpaired) electrons. The van der Waals surface area contributed by atoms with Crippen molar-refractivity contribution in [1.82, 2.24) is 0 Å². The van der Waals surface area contributed by atoms with Crippen LogP contribution in [-0.2, 0) is 13.3 Å². The number of hydrogen-bond donors (Lipinski definition) is 0. The van der Waals surface area contributed by atoms with Crippen LogP contribution in [0.3, 0.4) is 0 Å². The van der Waals surface area contributed by atoms with Crippen molar-refractivity contribution in [2.45, 2.75) is 106 Å². The van der Waals surface area contributed by atoms with Crippen LogP contribution in [0.1, 0.15) is 64.2 Å². The number of hydrogen-bond acceptors (Lipinski definition) is 3. The highest BCUT2D eigenvalue weighted by molar-refractivity contribution is 6.60.